The molecule has 0 aliphatic carbocycles. The van der Waals surface area contributed by atoms with E-state index < -0.39 is 0 Å². The monoisotopic (exact) mass is 278 g/mol. The van der Waals surface area contributed by atoms with Gasteiger partial charge in [-0.25, -0.2) is 0 Å². The van der Waals surface area contributed by atoms with Crippen LogP contribution in [0.15, 0.2) is 12.1 Å². The summed E-state index contributed by atoms with van der Waals surface area (Å²) in [4.78, 5) is 4.69. The molecule has 0 saturated carbocycles. The molecule has 0 bridgehead atoms. The van der Waals surface area contributed by atoms with Crippen LogP contribution in [0.25, 0.3) is 0 Å². The predicted octanol–water partition coefficient (Wildman–Crippen LogP) is 2.67. The molecule has 112 valence electrons. The molecule has 20 heavy (non-hydrogen) atoms. The Hall–Kier alpha value is -1.26. The van der Waals surface area contributed by atoms with Crippen LogP contribution in [0.1, 0.15) is 31.1 Å². The maximum absolute atomic E-state index is 5.85. The van der Waals surface area contributed by atoms with E-state index in [4.69, 9.17) is 9.47 Å². The summed E-state index contributed by atoms with van der Waals surface area (Å²) in [5.41, 5.74) is 2.29. The van der Waals surface area contributed by atoms with Crippen LogP contribution in [0.4, 0.5) is 0 Å². The summed E-state index contributed by atoms with van der Waals surface area (Å²) in [6.45, 7) is 8.30. The number of ether oxygens (including phenoxy) is 2. The first kappa shape index (κ1) is 15.1. The lowest BCUT2D eigenvalue weighted by molar-refractivity contribution is 0.184. The zero-order valence-electron chi connectivity index (χ0n) is 13.4. The van der Waals surface area contributed by atoms with E-state index >= 15 is 0 Å². The van der Waals surface area contributed by atoms with Crippen molar-refractivity contribution in [1.82, 2.24) is 9.80 Å². The average Bonchev–Trinajstić information content (AvgIpc) is 2.71. The van der Waals surface area contributed by atoms with Gasteiger partial charge >= 0.3 is 0 Å². The fraction of sp³-hybridized carbons (Fsp3) is 0.625. The van der Waals surface area contributed by atoms with Crippen LogP contribution in [0.2, 0.25) is 0 Å². The molecule has 0 atom stereocenters. The largest absolute Gasteiger partial charge is 0.496 e. The lowest BCUT2D eigenvalue weighted by Gasteiger charge is -2.28. The lowest BCUT2D eigenvalue weighted by atomic mass is 10.1. The predicted molar refractivity (Wildman–Crippen MR) is 81.5 cm³/mol. The summed E-state index contributed by atoms with van der Waals surface area (Å²) in [6, 6.07) is 4.19. The van der Waals surface area contributed by atoms with Gasteiger partial charge in [-0.2, -0.15) is 0 Å². The van der Waals surface area contributed by atoms with E-state index in [-0.39, 0.29) is 12.3 Å². The van der Waals surface area contributed by atoms with Gasteiger partial charge in [-0.15, -0.1) is 0 Å². The average molecular weight is 278 g/mol. The van der Waals surface area contributed by atoms with Gasteiger partial charge in [0, 0.05) is 24.2 Å². The van der Waals surface area contributed by atoms with Gasteiger partial charge in [-0.05, 0) is 47.0 Å². The van der Waals surface area contributed by atoms with Gasteiger partial charge in [-0.1, -0.05) is 0 Å². The first-order chi connectivity index (χ1) is 9.45. The molecule has 0 N–H and O–H groups in total. The van der Waals surface area contributed by atoms with Crippen molar-refractivity contribution in [3.05, 3.63) is 23.3 Å². The SMILES string of the molecule is COc1c(C2N(C)CCN2C)ccc(OC(C)C)c1C. The molecule has 1 aliphatic heterocycles. The number of likely N-dealkylation sites (N-methyl/N-ethyl adjacent to an activating group) is 2. The van der Waals surface area contributed by atoms with Gasteiger partial charge in [0.05, 0.1) is 19.4 Å². The number of hydrogen-bond donors (Lipinski definition) is 0. The van der Waals surface area contributed by atoms with Crippen LogP contribution in [0, 0.1) is 6.92 Å². The summed E-state index contributed by atoms with van der Waals surface area (Å²) in [5, 5.41) is 0. The minimum atomic E-state index is 0.168. The molecular weight excluding hydrogens is 252 g/mol. The molecule has 4 heteroatoms. The van der Waals surface area contributed by atoms with Crippen LogP contribution in [-0.2, 0) is 0 Å². The minimum absolute atomic E-state index is 0.168. The molecule has 1 heterocycles. The number of methoxy groups -OCH3 is 1. The van der Waals surface area contributed by atoms with Crippen molar-refractivity contribution in [2.45, 2.75) is 33.0 Å². The standard InChI is InChI=1S/C16H26N2O2/c1-11(2)20-14-8-7-13(15(19-6)12(14)3)16-17(4)9-10-18(16)5/h7-8,11,16H,9-10H2,1-6H3. The lowest BCUT2D eigenvalue weighted by Crippen LogP contribution is -2.26. The number of nitrogens with zero attached hydrogens (tertiary/aromatic N) is 2. The number of hydrogen-bond acceptors (Lipinski definition) is 4. The first-order valence-corrected chi connectivity index (χ1v) is 7.20. The van der Waals surface area contributed by atoms with Gasteiger partial charge in [0.2, 0.25) is 0 Å². The second kappa shape index (κ2) is 6.02. The third kappa shape index (κ3) is 2.76. The normalized spacial score (nSPS) is 17.9. The van der Waals surface area contributed by atoms with Crippen molar-refractivity contribution < 1.29 is 9.47 Å². The quantitative estimate of drug-likeness (QED) is 0.845. The molecule has 2 rings (SSSR count). The van der Waals surface area contributed by atoms with Crippen LogP contribution < -0.4 is 9.47 Å². The highest BCUT2D eigenvalue weighted by Crippen LogP contribution is 2.39. The molecule has 0 spiro atoms. The van der Waals surface area contributed by atoms with Gasteiger partial charge in [0.25, 0.3) is 0 Å². The molecule has 1 aromatic carbocycles. The summed E-state index contributed by atoms with van der Waals surface area (Å²) in [6.07, 6.45) is 0.442. The maximum Gasteiger partial charge on any atom is 0.131 e. The summed E-state index contributed by atoms with van der Waals surface area (Å²) in [5.74, 6) is 1.85. The molecule has 0 unspecified atom stereocenters. The molecular formula is C16H26N2O2. The van der Waals surface area contributed by atoms with Gasteiger partial charge in [0.1, 0.15) is 11.5 Å². The molecule has 1 aliphatic rings. The topological polar surface area (TPSA) is 24.9 Å². The Morgan fingerprint density at radius 3 is 2.25 bits per heavy atom. The number of rotatable bonds is 4. The smallest absolute Gasteiger partial charge is 0.131 e. The Bertz CT molecular complexity index is 464. The fourth-order valence-corrected chi connectivity index (χ4v) is 2.92. The van der Waals surface area contributed by atoms with E-state index in [1.54, 1.807) is 7.11 Å². The molecule has 1 saturated heterocycles. The fourth-order valence-electron chi connectivity index (χ4n) is 2.92. The van der Waals surface area contributed by atoms with E-state index in [2.05, 4.69) is 43.0 Å². The summed E-state index contributed by atoms with van der Waals surface area (Å²) in [7, 11) is 6.04. The van der Waals surface area contributed by atoms with Gasteiger partial charge in [-0.3, -0.25) is 9.80 Å². The first-order valence-electron chi connectivity index (χ1n) is 7.20. The molecule has 0 aromatic heterocycles. The van der Waals surface area contributed by atoms with Crippen molar-refractivity contribution >= 4 is 0 Å². The molecule has 1 fully saturated rings. The number of benzene rings is 1. The Morgan fingerprint density at radius 2 is 1.75 bits per heavy atom. The van der Waals surface area contributed by atoms with Crippen molar-refractivity contribution in [3.8, 4) is 11.5 Å². The van der Waals surface area contributed by atoms with Crippen molar-refractivity contribution in [3.63, 3.8) is 0 Å². The van der Waals surface area contributed by atoms with Crippen LogP contribution in [0.3, 0.4) is 0 Å². The van der Waals surface area contributed by atoms with E-state index in [0.29, 0.717) is 0 Å². The molecule has 1 aromatic rings. The third-order valence-electron chi connectivity index (χ3n) is 3.87. The third-order valence-corrected chi connectivity index (χ3v) is 3.87. The Morgan fingerprint density at radius 1 is 1.15 bits per heavy atom. The van der Waals surface area contributed by atoms with Gasteiger partial charge in [0.15, 0.2) is 0 Å². The van der Waals surface area contributed by atoms with E-state index in [1.807, 2.05) is 13.8 Å². The zero-order chi connectivity index (χ0) is 14.9. The van der Waals surface area contributed by atoms with E-state index in [0.717, 1.165) is 30.2 Å². The highest BCUT2D eigenvalue weighted by molar-refractivity contribution is 5.50. The van der Waals surface area contributed by atoms with Crippen molar-refractivity contribution in [2.24, 2.45) is 0 Å². The Kier molecular flexibility index (Phi) is 4.55. The molecule has 4 nitrogen and oxygen atoms in total. The molecule has 0 amide bonds. The van der Waals surface area contributed by atoms with Crippen molar-refractivity contribution in [2.75, 3.05) is 34.3 Å². The zero-order valence-corrected chi connectivity index (χ0v) is 13.4. The highest BCUT2D eigenvalue weighted by Gasteiger charge is 2.31. The second-order valence-corrected chi connectivity index (χ2v) is 5.81. The van der Waals surface area contributed by atoms with Gasteiger partial charge < -0.3 is 9.47 Å². The van der Waals surface area contributed by atoms with E-state index in [1.165, 1.54) is 5.56 Å². The van der Waals surface area contributed by atoms with Crippen LogP contribution in [0.5, 0.6) is 11.5 Å². The minimum Gasteiger partial charge on any atom is -0.496 e. The maximum atomic E-state index is 5.85. The van der Waals surface area contributed by atoms with Crippen molar-refractivity contribution in [1.29, 1.82) is 0 Å². The molecule has 0 radical (unpaired) electrons. The highest BCUT2D eigenvalue weighted by atomic mass is 16.5. The van der Waals surface area contributed by atoms with E-state index in [9.17, 15) is 0 Å². The summed E-state index contributed by atoms with van der Waals surface area (Å²) < 4.78 is 11.5. The van der Waals surface area contributed by atoms with Crippen LogP contribution >= 0.6 is 0 Å². The second-order valence-electron chi connectivity index (χ2n) is 5.81. The summed E-state index contributed by atoms with van der Waals surface area (Å²) >= 11 is 0. The Labute approximate surface area is 122 Å². The Balaban J connectivity index is 2.42. The van der Waals surface area contributed by atoms with Crippen LogP contribution in [-0.4, -0.2) is 50.2 Å².